The molecule has 2 atom stereocenters. The highest BCUT2D eigenvalue weighted by atomic mass is 32.2. The number of amides is 1. The molecule has 0 spiro atoms. The molecule has 27 heavy (non-hydrogen) atoms. The number of piperidine rings is 2. The van der Waals surface area contributed by atoms with Crippen molar-refractivity contribution in [3.8, 4) is 0 Å². The summed E-state index contributed by atoms with van der Waals surface area (Å²) in [5.41, 5.74) is 1.69. The third-order valence-corrected chi connectivity index (χ3v) is 9.26. The zero-order valence-electron chi connectivity index (χ0n) is 15.3. The molecule has 2 unspecified atom stereocenters. The maximum atomic E-state index is 13.4. The van der Waals surface area contributed by atoms with Crippen LogP contribution in [0, 0.1) is 11.8 Å². The fourth-order valence-electron chi connectivity index (χ4n) is 4.75. The number of rotatable bonds is 3. The van der Waals surface area contributed by atoms with Gasteiger partial charge in [0.15, 0.2) is 0 Å². The average molecular weight is 406 g/mol. The summed E-state index contributed by atoms with van der Waals surface area (Å²) in [5, 5.41) is 0. The molecule has 3 fully saturated rings. The van der Waals surface area contributed by atoms with Crippen LogP contribution in [0.15, 0.2) is 28.6 Å². The van der Waals surface area contributed by atoms with E-state index in [4.69, 9.17) is 0 Å². The van der Waals surface area contributed by atoms with Crippen molar-refractivity contribution in [1.29, 1.82) is 0 Å². The molecule has 0 bridgehead atoms. The first kappa shape index (κ1) is 17.6. The lowest BCUT2D eigenvalue weighted by molar-refractivity contribution is -0.137. The summed E-state index contributed by atoms with van der Waals surface area (Å²) < 4.78 is 29.2. The Morgan fingerprint density at radius 1 is 1.22 bits per heavy atom. The van der Waals surface area contributed by atoms with E-state index >= 15 is 0 Å². The Balaban J connectivity index is 1.47. The lowest BCUT2D eigenvalue weighted by Crippen LogP contribution is -2.53. The quantitative estimate of drug-likeness (QED) is 0.787. The molecule has 2 saturated heterocycles. The SMILES string of the molecule is CC1CCN(C(=O)C23CC2CCN3S(=O)(=O)c2ccc3ncsc3c2)CC1. The zero-order chi connectivity index (χ0) is 18.8. The van der Waals surface area contributed by atoms with E-state index in [-0.39, 0.29) is 16.7 Å². The first-order valence-corrected chi connectivity index (χ1v) is 11.9. The minimum atomic E-state index is -3.70. The van der Waals surface area contributed by atoms with E-state index < -0.39 is 15.6 Å². The maximum Gasteiger partial charge on any atom is 0.244 e. The number of carbonyl (C=O) groups is 1. The molecule has 0 N–H and O–H groups in total. The number of aromatic nitrogens is 1. The predicted octanol–water partition coefficient (Wildman–Crippen LogP) is 2.71. The number of thiazole rings is 1. The highest BCUT2D eigenvalue weighted by molar-refractivity contribution is 7.89. The monoisotopic (exact) mass is 405 g/mol. The van der Waals surface area contributed by atoms with Crippen LogP contribution in [0.5, 0.6) is 0 Å². The molecule has 2 aliphatic heterocycles. The van der Waals surface area contributed by atoms with Gasteiger partial charge in [-0.2, -0.15) is 4.31 Å². The number of benzene rings is 1. The van der Waals surface area contributed by atoms with E-state index in [1.165, 1.54) is 15.6 Å². The normalized spacial score (nSPS) is 29.2. The fraction of sp³-hybridized carbons (Fsp3) is 0.579. The molecule has 1 aromatic carbocycles. The summed E-state index contributed by atoms with van der Waals surface area (Å²) in [5.74, 6) is 0.835. The second kappa shape index (κ2) is 5.99. The topological polar surface area (TPSA) is 70.6 Å². The van der Waals surface area contributed by atoms with Crippen LogP contribution in [0.1, 0.15) is 32.6 Å². The van der Waals surface area contributed by atoms with Gasteiger partial charge in [0.2, 0.25) is 15.9 Å². The van der Waals surface area contributed by atoms with Crippen molar-refractivity contribution in [2.24, 2.45) is 11.8 Å². The number of nitrogens with zero attached hydrogens (tertiary/aromatic N) is 3. The van der Waals surface area contributed by atoms with Gasteiger partial charge in [0, 0.05) is 19.6 Å². The van der Waals surface area contributed by atoms with Gasteiger partial charge >= 0.3 is 0 Å². The molecular formula is C19H23N3O3S2. The first-order chi connectivity index (χ1) is 12.9. The third-order valence-electron chi connectivity index (χ3n) is 6.53. The summed E-state index contributed by atoms with van der Waals surface area (Å²) in [6.07, 6.45) is 3.44. The second-order valence-corrected chi connectivity index (χ2v) is 10.9. The van der Waals surface area contributed by atoms with Crippen molar-refractivity contribution in [2.75, 3.05) is 19.6 Å². The smallest absolute Gasteiger partial charge is 0.244 e. The molecule has 3 heterocycles. The minimum absolute atomic E-state index is 0.0272. The van der Waals surface area contributed by atoms with E-state index in [1.807, 2.05) is 4.90 Å². The third kappa shape index (κ3) is 2.57. The van der Waals surface area contributed by atoms with Crippen LogP contribution in [-0.2, 0) is 14.8 Å². The van der Waals surface area contributed by atoms with E-state index in [0.29, 0.717) is 18.9 Å². The number of likely N-dealkylation sites (tertiary alicyclic amines) is 1. The van der Waals surface area contributed by atoms with Crippen LogP contribution in [0.25, 0.3) is 10.2 Å². The van der Waals surface area contributed by atoms with Crippen molar-refractivity contribution >= 4 is 37.5 Å². The number of sulfonamides is 1. The van der Waals surface area contributed by atoms with E-state index in [0.717, 1.165) is 42.6 Å². The summed E-state index contributed by atoms with van der Waals surface area (Å²) in [6.45, 7) is 4.13. The summed E-state index contributed by atoms with van der Waals surface area (Å²) >= 11 is 1.43. The van der Waals surface area contributed by atoms with Crippen LogP contribution in [0.2, 0.25) is 0 Å². The Hall–Kier alpha value is -1.51. The Morgan fingerprint density at radius 3 is 2.74 bits per heavy atom. The number of fused-ring (bicyclic) bond motifs is 2. The molecule has 6 nitrogen and oxygen atoms in total. The van der Waals surface area contributed by atoms with Crippen LogP contribution in [0.4, 0.5) is 0 Å². The van der Waals surface area contributed by atoms with Crippen LogP contribution < -0.4 is 0 Å². The minimum Gasteiger partial charge on any atom is -0.341 e. The molecular weight excluding hydrogens is 382 g/mol. The van der Waals surface area contributed by atoms with Crippen LogP contribution >= 0.6 is 11.3 Å². The van der Waals surface area contributed by atoms with Crippen molar-refractivity contribution in [2.45, 2.75) is 43.0 Å². The molecule has 1 amide bonds. The van der Waals surface area contributed by atoms with Gasteiger partial charge in [-0.3, -0.25) is 4.79 Å². The van der Waals surface area contributed by atoms with Gasteiger partial charge in [0.05, 0.1) is 20.6 Å². The van der Waals surface area contributed by atoms with Crippen molar-refractivity contribution in [1.82, 2.24) is 14.2 Å². The maximum absolute atomic E-state index is 13.4. The standard InChI is InChI=1S/C19H23N3O3S2/c1-13-4-7-21(8-5-13)18(23)19-11-14(19)6-9-22(19)27(24,25)15-2-3-16-17(10-15)26-12-20-16/h2-3,10,12-14H,4-9,11H2,1H3. The van der Waals surface area contributed by atoms with Crippen molar-refractivity contribution in [3.05, 3.63) is 23.7 Å². The molecule has 0 radical (unpaired) electrons. The highest BCUT2D eigenvalue weighted by Gasteiger charge is 2.71. The van der Waals surface area contributed by atoms with Gasteiger partial charge in [-0.1, -0.05) is 6.92 Å². The Kier molecular flexibility index (Phi) is 3.90. The van der Waals surface area contributed by atoms with Gasteiger partial charge in [-0.25, -0.2) is 13.4 Å². The Morgan fingerprint density at radius 2 is 2.00 bits per heavy atom. The van der Waals surface area contributed by atoms with Crippen molar-refractivity contribution in [3.63, 3.8) is 0 Å². The van der Waals surface area contributed by atoms with E-state index in [2.05, 4.69) is 11.9 Å². The lowest BCUT2D eigenvalue weighted by Gasteiger charge is -2.35. The fourth-order valence-corrected chi connectivity index (χ4v) is 7.38. The molecule has 1 aromatic heterocycles. The first-order valence-electron chi connectivity index (χ1n) is 9.58. The molecule has 1 aliphatic carbocycles. The second-order valence-electron chi connectivity index (χ2n) is 8.15. The van der Waals surface area contributed by atoms with Crippen LogP contribution in [0.3, 0.4) is 0 Å². The summed E-state index contributed by atoms with van der Waals surface area (Å²) in [7, 11) is -3.70. The van der Waals surface area contributed by atoms with Gasteiger partial charge < -0.3 is 4.90 Å². The molecule has 3 aliphatic rings. The largest absolute Gasteiger partial charge is 0.341 e. The zero-order valence-corrected chi connectivity index (χ0v) is 16.9. The number of hydrogen-bond donors (Lipinski definition) is 0. The number of carbonyl (C=O) groups excluding carboxylic acids is 1. The average Bonchev–Trinajstić information content (AvgIpc) is 3.03. The number of hydrogen-bond acceptors (Lipinski definition) is 5. The van der Waals surface area contributed by atoms with Gasteiger partial charge in [-0.05, 0) is 55.7 Å². The van der Waals surface area contributed by atoms with Gasteiger partial charge in [0.1, 0.15) is 5.54 Å². The molecule has 8 heteroatoms. The lowest BCUT2D eigenvalue weighted by atomic mass is 9.98. The van der Waals surface area contributed by atoms with Gasteiger partial charge in [-0.15, -0.1) is 11.3 Å². The Labute approximate surface area is 163 Å². The van der Waals surface area contributed by atoms with E-state index in [9.17, 15) is 13.2 Å². The van der Waals surface area contributed by atoms with Gasteiger partial charge in [0.25, 0.3) is 0 Å². The highest BCUT2D eigenvalue weighted by Crippen LogP contribution is 2.58. The summed E-state index contributed by atoms with van der Waals surface area (Å²) in [4.78, 5) is 19.7. The van der Waals surface area contributed by atoms with Crippen LogP contribution in [-0.4, -0.2) is 53.7 Å². The van der Waals surface area contributed by atoms with E-state index in [1.54, 1.807) is 23.7 Å². The van der Waals surface area contributed by atoms with Crippen molar-refractivity contribution < 1.29 is 13.2 Å². The molecule has 144 valence electrons. The Bertz CT molecular complexity index is 1010. The molecule has 1 saturated carbocycles. The predicted molar refractivity (Wildman–Crippen MR) is 104 cm³/mol. The molecule has 2 aromatic rings. The summed E-state index contributed by atoms with van der Waals surface area (Å²) in [6, 6.07) is 5.06. The molecule has 5 rings (SSSR count).